The van der Waals surface area contributed by atoms with Gasteiger partial charge in [-0.2, -0.15) is 0 Å². The van der Waals surface area contributed by atoms with Gasteiger partial charge in [0.2, 0.25) is 0 Å². The van der Waals surface area contributed by atoms with Crippen LogP contribution in [0.1, 0.15) is 20.8 Å². The Labute approximate surface area is 57.6 Å². The lowest BCUT2D eigenvalue weighted by molar-refractivity contribution is -0.00290. The van der Waals surface area contributed by atoms with Crippen LogP contribution in [0.4, 0.5) is 0 Å². The highest BCUT2D eigenvalue weighted by Crippen LogP contribution is 2.18. The Bertz CT molecular complexity index is 71.5. The Balaban J connectivity index is 3.79. The van der Waals surface area contributed by atoms with Crippen LogP contribution in [0.15, 0.2) is 0 Å². The number of hydrogen-bond donors (Lipinski definition) is 1. The van der Waals surface area contributed by atoms with Gasteiger partial charge in [-0.1, -0.05) is 20.8 Å². The average Bonchev–Trinajstić information content (AvgIpc) is 1.65. The van der Waals surface area contributed by atoms with Crippen LogP contribution < -0.4 is 5.32 Å². The third-order valence-corrected chi connectivity index (χ3v) is 1.28. The summed E-state index contributed by atoms with van der Waals surface area (Å²) in [5.41, 5.74) is 0.184. The minimum atomic E-state index is 0.150. The molecule has 0 aromatic rings. The van der Waals surface area contributed by atoms with Gasteiger partial charge in [0.25, 0.3) is 0 Å². The second-order valence-corrected chi connectivity index (χ2v) is 3.27. The van der Waals surface area contributed by atoms with Gasteiger partial charge < -0.3 is 4.74 Å². The molecule has 2 heteroatoms. The molecular weight excluding hydrogens is 114 g/mol. The van der Waals surface area contributed by atoms with E-state index in [4.69, 9.17) is 4.74 Å². The topological polar surface area (TPSA) is 21.3 Å². The van der Waals surface area contributed by atoms with Crippen molar-refractivity contribution in [3.63, 3.8) is 0 Å². The Hall–Kier alpha value is -0.0800. The van der Waals surface area contributed by atoms with Crippen LogP contribution in [-0.2, 0) is 4.74 Å². The van der Waals surface area contributed by atoms with E-state index in [0.29, 0.717) is 0 Å². The zero-order valence-corrected chi connectivity index (χ0v) is 6.99. The molecular formula is C7H17NO. The summed E-state index contributed by atoms with van der Waals surface area (Å²) >= 11 is 0. The average molecular weight is 131 g/mol. The van der Waals surface area contributed by atoms with Crippen LogP contribution in [-0.4, -0.2) is 20.4 Å². The minimum Gasteiger partial charge on any atom is -0.366 e. The number of ether oxygens (including phenoxy) is 1. The third-order valence-electron chi connectivity index (χ3n) is 1.28. The summed E-state index contributed by atoms with van der Waals surface area (Å²) in [6, 6.07) is 0. The molecule has 0 rings (SSSR count). The van der Waals surface area contributed by atoms with Crippen molar-refractivity contribution < 1.29 is 4.74 Å². The fraction of sp³-hybridized carbons (Fsp3) is 1.00. The summed E-state index contributed by atoms with van der Waals surface area (Å²) < 4.78 is 5.15. The monoisotopic (exact) mass is 131 g/mol. The first-order valence-electron chi connectivity index (χ1n) is 3.22. The number of methoxy groups -OCH3 is 1. The molecule has 1 N–H and O–H groups in total. The fourth-order valence-corrected chi connectivity index (χ4v) is 0.904. The molecule has 0 saturated heterocycles. The van der Waals surface area contributed by atoms with Crippen LogP contribution >= 0.6 is 0 Å². The quantitative estimate of drug-likeness (QED) is 0.569. The van der Waals surface area contributed by atoms with E-state index in [-0.39, 0.29) is 11.6 Å². The second-order valence-electron chi connectivity index (χ2n) is 3.27. The largest absolute Gasteiger partial charge is 0.366 e. The van der Waals surface area contributed by atoms with E-state index in [1.165, 1.54) is 0 Å². The van der Waals surface area contributed by atoms with Crippen molar-refractivity contribution in [2.45, 2.75) is 27.0 Å². The van der Waals surface area contributed by atoms with Gasteiger partial charge in [0.15, 0.2) is 0 Å². The molecule has 9 heavy (non-hydrogen) atoms. The van der Waals surface area contributed by atoms with Crippen molar-refractivity contribution in [3.8, 4) is 0 Å². The highest BCUT2D eigenvalue weighted by molar-refractivity contribution is 4.69. The number of hydrogen-bond acceptors (Lipinski definition) is 2. The van der Waals surface area contributed by atoms with Crippen molar-refractivity contribution >= 4 is 0 Å². The molecule has 2 nitrogen and oxygen atoms in total. The van der Waals surface area contributed by atoms with Crippen molar-refractivity contribution in [1.82, 2.24) is 5.32 Å². The number of nitrogens with one attached hydrogen (secondary N) is 1. The summed E-state index contributed by atoms with van der Waals surface area (Å²) in [6.45, 7) is 6.41. The summed E-state index contributed by atoms with van der Waals surface area (Å²) in [5.74, 6) is 0. The predicted molar refractivity (Wildman–Crippen MR) is 39.3 cm³/mol. The van der Waals surface area contributed by atoms with Gasteiger partial charge in [0.1, 0.15) is 6.23 Å². The minimum absolute atomic E-state index is 0.150. The highest BCUT2D eigenvalue weighted by atomic mass is 16.5. The summed E-state index contributed by atoms with van der Waals surface area (Å²) in [7, 11) is 3.62. The maximum absolute atomic E-state index is 5.15. The molecule has 0 radical (unpaired) electrons. The van der Waals surface area contributed by atoms with Gasteiger partial charge in [-0.25, -0.2) is 0 Å². The molecule has 0 aliphatic carbocycles. The Kier molecular flexibility index (Phi) is 3.15. The predicted octanol–water partition coefficient (Wildman–Crippen LogP) is 1.22. The molecule has 0 amide bonds. The van der Waals surface area contributed by atoms with Crippen LogP contribution in [0.25, 0.3) is 0 Å². The van der Waals surface area contributed by atoms with Crippen molar-refractivity contribution in [2.24, 2.45) is 5.41 Å². The molecule has 1 atom stereocenters. The van der Waals surface area contributed by atoms with Crippen LogP contribution in [0.2, 0.25) is 0 Å². The van der Waals surface area contributed by atoms with Gasteiger partial charge in [0, 0.05) is 12.5 Å². The lowest BCUT2D eigenvalue weighted by Gasteiger charge is -2.28. The SMILES string of the molecule is CNC(OC)C(C)(C)C. The lowest BCUT2D eigenvalue weighted by Crippen LogP contribution is -2.39. The summed E-state index contributed by atoms with van der Waals surface area (Å²) in [5, 5.41) is 3.07. The fourth-order valence-electron chi connectivity index (χ4n) is 0.904. The Morgan fingerprint density at radius 2 is 1.78 bits per heavy atom. The van der Waals surface area contributed by atoms with Gasteiger partial charge in [-0.05, 0) is 7.05 Å². The number of rotatable bonds is 2. The molecule has 0 bridgehead atoms. The zero-order chi connectivity index (χ0) is 7.49. The van der Waals surface area contributed by atoms with Gasteiger partial charge in [0.05, 0.1) is 0 Å². The zero-order valence-electron chi connectivity index (χ0n) is 6.99. The molecule has 0 aromatic carbocycles. The van der Waals surface area contributed by atoms with Gasteiger partial charge >= 0.3 is 0 Å². The Morgan fingerprint density at radius 1 is 1.33 bits per heavy atom. The van der Waals surface area contributed by atoms with E-state index in [9.17, 15) is 0 Å². The first kappa shape index (κ1) is 8.92. The summed E-state index contributed by atoms with van der Waals surface area (Å²) in [4.78, 5) is 0. The standard InChI is InChI=1S/C7H17NO/c1-7(2,3)6(8-4)9-5/h6,8H,1-5H3. The van der Waals surface area contributed by atoms with E-state index in [1.54, 1.807) is 7.11 Å². The lowest BCUT2D eigenvalue weighted by atomic mass is 9.94. The van der Waals surface area contributed by atoms with E-state index in [1.807, 2.05) is 7.05 Å². The second kappa shape index (κ2) is 3.18. The van der Waals surface area contributed by atoms with E-state index in [2.05, 4.69) is 26.1 Å². The third kappa shape index (κ3) is 2.82. The van der Waals surface area contributed by atoms with E-state index in [0.717, 1.165) is 0 Å². The van der Waals surface area contributed by atoms with Crippen LogP contribution in [0.3, 0.4) is 0 Å². The van der Waals surface area contributed by atoms with E-state index < -0.39 is 0 Å². The molecule has 0 aromatic heterocycles. The van der Waals surface area contributed by atoms with Gasteiger partial charge in [-0.15, -0.1) is 0 Å². The normalized spacial score (nSPS) is 15.7. The Morgan fingerprint density at radius 3 is 1.78 bits per heavy atom. The van der Waals surface area contributed by atoms with E-state index >= 15 is 0 Å². The van der Waals surface area contributed by atoms with Crippen LogP contribution in [0, 0.1) is 5.41 Å². The van der Waals surface area contributed by atoms with Crippen molar-refractivity contribution in [1.29, 1.82) is 0 Å². The molecule has 56 valence electrons. The smallest absolute Gasteiger partial charge is 0.112 e. The molecule has 0 heterocycles. The van der Waals surface area contributed by atoms with Crippen molar-refractivity contribution in [2.75, 3.05) is 14.2 Å². The molecule has 0 fully saturated rings. The maximum atomic E-state index is 5.15. The first-order chi connectivity index (χ1) is 4.02. The summed E-state index contributed by atoms with van der Waals surface area (Å²) in [6.07, 6.45) is 0.150. The molecule has 0 aliphatic heterocycles. The van der Waals surface area contributed by atoms with Crippen LogP contribution in [0.5, 0.6) is 0 Å². The van der Waals surface area contributed by atoms with Crippen molar-refractivity contribution in [3.05, 3.63) is 0 Å². The molecule has 0 saturated carbocycles. The highest BCUT2D eigenvalue weighted by Gasteiger charge is 2.21. The molecule has 1 unspecified atom stereocenters. The molecule has 0 spiro atoms. The maximum Gasteiger partial charge on any atom is 0.112 e. The molecule has 0 aliphatic rings. The first-order valence-corrected chi connectivity index (χ1v) is 3.22. The van der Waals surface area contributed by atoms with Gasteiger partial charge in [-0.3, -0.25) is 5.32 Å².